The lowest BCUT2D eigenvalue weighted by Crippen LogP contribution is -2.40. The first-order valence-corrected chi connectivity index (χ1v) is 8.30. The Bertz CT molecular complexity index is 483. The maximum atomic E-state index is 11.0. The number of carbonyl (C=O) groups is 1. The van der Waals surface area contributed by atoms with Crippen LogP contribution in [0, 0.1) is 11.8 Å². The molecule has 2 fully saturated rings. The second-order valence-corrected chi connectivity index (χ2v) is 6.45. The molecule has 3 unspecified atom stereocenters. The summed E-state index contributed by atoms with van der Waals surface area (Å²) in [5.74, 6) is 4.88. The summed E-state index contributed by atoms with van der Waals surface area (Å²) < 4.78 is 27.3. The van der Waals surface area contributed by atoms with Crippen LogP contribution < -0.4 is 0 Å². The van der Waals surface area contributed by atoms with Crippen LogP contribution in [0.4, 0.5) is 4.79 Å². The lowest BCUT2D eigenvalue weighted by molar-refractivity contribution is -0.174. The molecule has 0 saturated carbocycles. The molecule has 7 heteroatoms. The molecule has 0 spiro atoms. The van der Waals surface area contributed by atoms with Crippen LogP contribution in [-0.4, -0.2) is 54.9 Å². The first-order valence-electron chi connectivity index (χ1n) is 8.30. The van der Waals surface area contributed by atoms with Gasteiger partial charge in [-0.05, 0) is 40.0 Å². The Morgan fingerprint density at radius 1 is 1.38 bits per heavy atom. The molecule has 2 aliphatic rings. The van der Waals surface area contributed by atoms with Crippen molar-refractivity contribution in [1.29, 1.82) is 0 Å². The molecule has 2 rings (SSSR count). The van der Waals surface area contributed by atoms with Crippen molar-refractivity contribution >= 4 is 6.16 Å². The summed E-state index contributed by atoms with van der Waals surface area (Å²) in [4.78, 5) is 11.0. The Morgan fingerprint density at radius 2 is 2.08 bits per heavy atom. The number of carboxylic acid groups (broad SMARTS) is 1. The predicted molar refractivity (Wildman–Crippen MR) is 84.4 cm³/mol. The highest BCUT2D eigenvalue weighted by atomic mass is 16.7. The van der Waals surface area contributed by atoms with E-state index in [9.17, 15) is 4.79 Å². The third-order valence-electron chi connectivity index (χ3n) is 3.90. The Morgan fingerprint density at radius 3 is 2.67 bits per heavy atom. The zero-order valence-electron chi connectivity index (χ0n) is 14.5. The molecule has 136 valence electrons. The normalized spacial score (nSPS) is 26.7. The van der Waals surface area contributed by atoms with Crippen molar-refractivity contribution in [3.63, 3.8) is 0 Å². The molecule has 2 heterocycles. The van der Waals surface area contributed by atoms with Crippen LogP contribution >= 0.6 is 0 Å². The lowest BCUT2D eigenvalue weighted by atomic mass is 9.96. The first kappa shape index (κ1) is 19.0. The van der Waals surface area contributed by atoms with Crippen molar-refractivity contribution in [2.24, 2.45) is 0 Å². The number of ether oxygens (including phenoxy) is 5. The summed E-state index contributed by atoms with van der Waals surface area (Å²) in [6.45, 7) is 6.78. The fourth-order valence-corrected chi connectivity index (χ4v) is 2.90. The van der Waals surface area contributed by atoms with Crippen LogP contribution in [0.25, 0.3) is 0 Å². The fourth-order valence-electron chi connectivity index (χ4n) is 2.90. The molecule has 0 aromatic rings. The minimum atomic E-state index is -1.39. The van der Waals surface area contributed by atoms with Crippen LogP contribution in [0.3, 0.4) is 0 Å². The molecule has 0 aromatic carbocycles. The van der Waals surface area contributed by atoms with Crippen molar-refractivity contribution in [3.05, 3.63) is 0 Å². The van der Waals surface area contributed by atoms with E-state index >= 15 is 0 Å². The molecular weight excluding hydrogens is 316 g/mol. The summed E-state index contributed by atoms with van der Waals surface area (Å²) in [7, 11) is 0. The monoisotopic (exact) mass is 342 g/mol. The fraction of sp³-hybridized carbons (Fsp3) is 0.824. The number of hydrogen-bond donors (Lipinski definition) is 1. The minimum absolute atomic E-state index is 0.173. The lowest BCUT2D eigenvalue weighted by Gasteiger charge is -2.31. The van der Waals surface area contributed by atoms with Gasteiger partial charge < -0.3 is 28.8 Å². The third-order valence-corrected chi connectivity index (χ3v) is 3.90. The zero-order chi connectivity index (χ0) is 17.6. The van der Waals surface area contributed by atoms with Crippen LogP contribution in [0.5, 0.6) is 0 Å². The smallest absolute Gasteiger partial charge is 0.450 e. The quantitative estimate of drug-likeness (QED) is 0.607. The Balaban J connectivity index is 2.00. The highest BCUT2D eigenvalue weighted by Gasteiger charge is 2.41. The summed E-state index contributed by atoms with van der Waals surface area (Å²) >= 11 is 0. The van der Waals surface area contributed by atoms with E-state index < -0.39 is 23.6 Å². The predicted octanol–water partition coefficient (Wildman–Crippen LogP) is 2.53. The first-order chi connectivity index (χ1) is 11.3. The van der Waals surface area contributed by atoms with Gasteiger partial charge in [0.15, 0.2) is 17.7 Å². The van der Waals surface area contributed by atoms with Gasteiger partial charge in [-0.1, -0.05) is 11.8 Å². The van der Waals surface area contributed by atoms with Crippen LogP contribution in [0.2, 0.25) is 0 Å². The van der Waals surface area contributed by atoms with E-state index in [1.54, 1.807) is 20.8 Å². The van der Waals surface area contributed by atoms with Crippen LogP contribution in [-0.2, 0) is 23.7 Å². The highest BCUT2D eigenvalue weighted by Crippen LogP contribution is 2.31. The van der Waals surface area contributed by atoms with Gasteiger partial charge in [0.1, 0.15) is 6.10 Å². The third kappa shape index (κ3) is 5.95. The number of hydrogen-bond acceptors (Lipinski definition) is 6. The van der Waals surface area contributed by atoms with Gasteiger partial charge in [-0.15, -0.1) is 0 Å². The molecule has 0 bridgehead atoms. The van der Waals surface area contributed by atoms with Gasteiger partial charge in [-0.3, -0.25) is 0 Å². The molecule has 2 aliphatic heterocycles. The largest absolute Gasteiger partial charge is 0.507 e. The van der Waals surface area contributed by atoms with Gasteiger partial charge in [0.25, 0.3) is 0 Å². The van der Waals surface area contributed by atoms with Gasteiger partial charge in [0.2, 0.25) is 0 Å². The average molecular weight is 342 g/mol. The molecule has 2 saturated heterocycles. The standard InChI is InChI=1S/C17H26O7/c1-13(23-14-6-4-5-9-20-14)7-8-16(2,24-15(18)19)12-17(3)21-10-11-22-17/h13-14H,4-6,9-12H2,1-3H3,(H,18,19). The van der Waals surface area contributed by atoms with Crippen molar-refractivity contribution in [1.82, 2.24) is 0 Å². The van der Waals surface area contributed by atoms with Crippen LogP contribution in [0.1, 0.15) is 46.5 Å². The van der Waals surface area contributed by atoms with Gasteiger partial charge in [-0.25, -0.2) is 4.79 Å². The van der Waals surface area contributed by atoms with Crippen molar-refractivity contribution in [3.8, 4) is 11.8 Å². The molecule has 3 atom stereocenters. The molecule has 7 nitrogen and oxygen atoms in total. The molecule has 0 amide bonds. The highest BCUT2D eigenvalue weighted by molar-refractivity contribution is 5.58. The second kappa shape index (κ2) is 8.17. The van der Waals surface area contributed by atoms with Crippen molar-refractivity contribution < 1.29 is 33.6 Å². The maximum absolute atomic E-state index is 11.0. The van der Waals surface area contributed by atoms with Crippen molar-refractivity contribution in [2.45, 2.75) is 70.2 Å². The Hall–Kier alpha value is -1.33. The summed E-state index contributed by atoms with van der Waals surface area (Å²) in [6, 6.07) is 0. The SMILES string of the molecule is CC(C#CC(C)(CC1(C)OCCO1)OC(=O)O)OC1CCCCO1. The topological polar surface area (TPSA) is 83.5 Å². The summed E-state index contributed by atoms with van der Waals surface area (Å²) in [5, 5.41) is 9.01. The van der Waals surface area contributed by atoms with E-state index in [1.807, 2.05) is 0 Å². The van der Waals surface area contributed by atoms with Gasteiger partial charge in [-0.2, -0.15) is 0 Å². The van der Waals surface area contributed by atoms with E-state index in [0.717, 1.165) is 19.3 Å². The van der Waals surface area contributed by atoms with Gasteiger partial charge >= 0.3 is 6.16 Å². The average Bonchev–Trinajstić information content (AvgIpc) is 2.91. The summed E-state index contributed by atoms with van der Waals surface area (Å²) in [6.07, 6.45) is 1.08. The van der Waals surface area contributed by atoms with E-state index in [-0.39, 0.29) is 12.7 Å². The maximum Gasteiger partial charge on any atom is 0.507 e. The molecule has 0 aromatic heterocycles. The Kier molecular flexibility index (Phi) is 6.47. The van der Waals surface area contributed by atoms with E-state index in [0.29, 0.717) is 19.8 Å². The van der Waals surface area contributed by atoms with Gasteiger partial charge in [0, 0.05) is 6.61 Å². The van der Waals surface area contributed by atoms with E-state index in [2.05, 4.69) is 11.8 Å². The van der Waals surface area contributed by atoms with Crippen molar-refractivity contribution in [2.75, 3.05) is 19.8 Å². The number of rotatable bonds is 5. The minimum Gasteiger partial charge on any atom is -0.450 e. The molecular formula is C17H26O7. The van der Waals surface area contributed by atoms with E-state index in [4.69, 9.17) is 28.8 Å². The molecule has 0 aliphatic carbocycles. The molecule has 0 radical (unpaired) electrons. The van der Waals surface area contributed by atoms with Crippen LogP contribution in [0.15, 0.2) is 0 Å². The molecule has 1 N–H and O–H groups in total. The van der Waals surface area contributed by atoms with E-state index in [1.165, 1.54) is 0 Å². The summed E-state index contributed by atoms with van der Waals surface area (Å²) in [5.41, 5.74) is -1.25. The van der Waals surface area contributed by atoms with Gasteiger partial charge in [0.05, 0.1) is 19.6 Å². The Labute approximate surface area is 142 Å². The zero-order valence-corrected chi connectivity index (χ0v) is 14.5. The second-order valence-electron chi connectivity index (χ2n) is 6.45. The molecule has 24 heavy (non-hydrogen) atoms.